The molecule has 142 valence electrons. The second-order valence-corrected chi connectivity index (χ2v) is 6.30. The first-order valence-electron chi connectivity index (χ1n) is 8.73. The van der Waals surface area contributed by atoms with Gasteiger partial charge in [0.2, 0.25) is 5.89 Å². The van der Waals surface area contributed by atoms with Gasteiger partial charge in [-0.15, -0.1) is 5.10 Å². The third kappa shape index (κ3) is 3.79. The number of hydrogen-bond acceptors (Lipinski definition) is 5. The zero-order valence-corrected chi connectivity index (χ0v) is 14.8. The van der Waals surface area contributed by atoms with Crippen molar-refractivity contribution in [2.24, 2.45) is 0 Å². The number of fused-ring (bicyclic) bond motifs is 1. The molecular weight excluding hydrogens is 363 g/mol. The van der Waals surface area contributed by atoms with Gasteiger partial charge in [0, 0.05) is 10.9 Å². The van der Waals surface area contributed by atoms with E-state index < -0.39 is 17.7 Å². The fourth-order valence-electron chi connectivity index (χ4n) is 2.89. The van der Waals surface area contributed by atoms with Gasteiger partial charge in [-0.05, 0) is 35.7 Å². The van der Waals surface area contributed by atoms with Crippen LogP contribution in [0, 0.1) is 5.82 Å². The molecule has 6 nitrogen and oxygen atoms in total. The van der Waals surface area contributed by atoms with Crippen LogP contribution in [-0.4, -0.2) is 27.6 Å². The molecule has 3 aromatic carbocycles. The van der Waals surface area contributed by atoms with Crippen LogP contribution < -0.4 is 10.5 Å². The Balaban J connectivity index is 1.44. The summed E-state index contributed by atoms with van der Waals surface area (Å²) in [6, 6.07) is 18.9. The van der Waals surface area contributed by atoms with E-state index in [2.05, 4.69) is 5.10 Å². The molecule has 0 aliphatic heterocycles. The van der Waals surface area contributed by atoms with E-state index in [-0.39, 0.29) is 19.0 Å². The molecule has 0 unspecified atom stereocenters. The lowest BCUT2D eigenvalue weighted by molar-refractivity contribution is 0.0882. The first-order valence-corrected chi connectivity index (χ1v) is 8.73. The highest BCUT2D eigenvalue weighted by molar-refractivity contribution is 5.88. The lowest BCUT2D eigenvalue weighted by Gasteiger charge is -2.13. The molecule has 0 saturated carbocycles. The first kappa shape index (κ1) is 17.9. The van der Waals surface area contributed by atoms with Gasteiger partial charge in [-0.25, -0.2) is 9.18 Å². The van der Waals surface area contributed by atoms with Crippen molar-refractivity contribution >= 4 is 10.8 Å². The molecule has 1 N–H and O–H groups in total. The Bertz CT molecular complexity index is 1150. The third-order valence-electron chi connectivity index (χ3n) is 4.26. The normalized spacial score (nSPS) is 12.2. The lowest BCUT2D eigenvalue weighted by atomic mass is 10.1. The zero-order valence-electron chi connectivity index (χ0n) is 14.8. The molecule has 4 aromatic rings. The zero-order chi connectivity index (χ0) is 19.5. The number of hydrogen-bond donors (Lipinski definition) is 1. The van der Waals surface area contributed by atoms with Crippen LogP contribution in [0.25, 0.3) is 22.2 Å². The molecule has 1 aromatic heterocycles. The Morgan fingerprint density at radius 2 is 1.82 bits per heavy atom. The highest BCUT2D eigenvalue weighted by atomic mass is 19.1. The molecule has 0 amide bonds. The summed E-state index contributed by atoms with van der Waals surface area (Å²) in [6.45, 7) is -0.104. The van der Waals surface area contributed by atoms with Gasteiger partial charge >= 0.3 is 5.76 Å². The van der Waals surface area contributed by atoms with E-state index in [0.717, 1.165) is 15.5 Å². The molecule has 4 rings (SSSR count). The molecular formula is C21H17FN2O4. The molecule has 0 aliphatic rings. The van der Waals surface area contributed by atoms with E-state index >= 15 is 0 Å². The molecule has 1 atom stereocenters. The molecule has 7 heteroatoms. The van der Waals surface area contributed by atoms with Crippen LogP contribution in [0.15, 0.2) is 75.9 Å². The van der Waals surface area contributed by atoms with E-state index in [1.807, 2.05) is 42.5 Å². The van der Waals surface area contributed by atoms with Gasteiger partial charge < -0.3 is 14.3 Å². The van der Waals surface area contributed by atoms with Crippen LogP contribution in [-0.2, 0) is 6.54 Å². The van der Waals surface area contributed by atoms with Crippen molar-refractivity contribution in [3.8, 4) is 17.2 Å². The number of aromatic nitrogens is 2. The maximum Gasteiger partial charge on any atom is 0.437 e. The maximum atomic E-state index is 13.0. The summed E-state index contributed by atoms with van der Waals surface area (Å²) < 4.78 is 24.9. The highest BCUT2D eigenvalue weighted by Crippen LogP contribution is 2.25. The van der Waals surface area contributed by atoms with Crippen molar-refractivity contribution in [3.05, 3.63) is 83.1 Å². The SMILES string of the molecule is O=c1oc(-c2ccc(F)cc2)nn1C[C@@H](O)COc1cccc2ccccc12. The van der Waals surface area contributed by atoms with Crippen molar-refractivity contribution < 1.29 is 18.7 Å². The molecule has 0 bridgehead atoms. The fourth-order valence-corrected chi connectivity index (χ4v) is 2.89. The monoisotopic (exact) mass is 380 g/mol. The summed E-state index contributed by atoms with van der Waals surface area (Å²) >= 11 is 0. The first-order chi connectivity index (χ1) is 13.6. The summed E-state index contributed by atoms with van der Waals surface area (Å²) in [5, 5.41) is 16.3. The van der Waals surface area contributed by atoms with Crippen molar-refractivity contribution in [1.82, 2.24) is 9.78 Å². The number of aliphatic hydroxyl groups is 1. The van der Waals surface area contributed by atoms with Crippen LogP contribution >= 0.6 is 0 Å². The van der Waals surface area contributed by atoms with Crippen LogP contribution in [0.1, 0.15) is 0 Å². The van der Waals surface area contributed by atoms with Gasteiger partial charge in [-0.3, -0.25) is 0 Å². The number of ether oxygens (including phenoxy) is 1. The Morgan fingerprint density at radius 1 is 1.07 bits per heavy atom. The summed E-state index contributed by atoms with van der Waals surface area (Å²) in [7, 11) is 0. The van der Waals surface area contributed by atoms with Gasteiger partial charge in [-0.2, -0.15) is 4.68 Å². The predicted molar refractivity (Wildman–Crippen MR) is 102 cm³/mol. The Labute approximate surface area is 159 Å². The molecule has 1 heterocycles. The van der Waals surface area contributed by atoms with E-state index in [4.69, 9.17) is 9.15 Å². The Hall–Kier alpha value is -3.45. The average molecular weight is 380 g/mol. The molecule has 0 fully saturated rings. The van der Waals surface area contributed by atoms with Gasteiger partial charge in [0.1, 0.15) is 24.3 Å². The van der Waals surface area contributed by atoms with Gasteiger partial charge in [-0.1, -0.05) is 36.4 Å². The maximum absolute atomic E-state index is 13.0. The molecule has 0 spiro atoms. The minimum Gasteiger partial charge on any atom is -0.490 e. The second-order valence-electron chi connectivity index (χ2n) is 6.30. The van der Waals surface area contributed by atoms with Crippen LogP contribution in [0.3, 0.4) is 0 Å². The smallest absolute Gasteiger partial charge is 0.437 e. The lowest BCUT2D eigenvalue weighted by Crippen LogP contribution is -2.29. The second kappa shape index (κ2) is 7.66. The summed E-state index contributed by atoms with van der Waals surface area (Å²) in [6.07, 6.45) is -0.970. The molecule has 28 heavy (non-hydrogen) atoms. The standard InChI is InChI=1S/C21H17FN2O4/c22-16-10-8-15(9-11-16)20-23-24(21(26)28-20)12-17(25)13-27-19-7-3-5-14-4-1-2-6-18(14)19/h1-11,17,25H,12-13H2/t17-/m1/s1. The minimum atomic E-state index is -0.970. The van der Waals surface area contributed by atoms with Gasteiger partial charge in [0.25, 0.3) is 0 Å². The van der Waals surface area contributed by atoms with Gasteiger partial charge in [0.15, 0.2) is 0 Å². The fraction of sp³-hybridized carbons (Fsp3) is 0.143. The summed E-state index contributed by atoms with van der Waals surface area (Å²) in [5.74, 6) is -0.390. The van der Waals surface area contributed by atoms with E-state index in [0.29, 0.717) is 11.3 Å². The van der Waals surface area contributed by atoms with E-state index in [1.165, 1.54) is 24.3 Å². The number of aliphatic hydroxyl groups excluding tert-OH is 1. The Morgan fingerprint density at radius 3 is 2.64 bits per heavy atom. The molecule has 0 saturated heterocycles. The van der Waals surface area contributed by atoms with Crippen LogP contribution in [0.4, 0.5) is 4.39 Å². The third-order valence-corrected chi connectivity index (χ3v) is 4.26. The average Bonchev–Trinajstić information content (AvgIpc) is 3.07. The van der Waals surface area contributed by atoms with Crippen molar-refractivity contribution in [3.63, 3.8) is 0 Å². The summed E-state index contributed by atoms with van der Waals surface area (Å²) in [4.78, 5) is 12.0. The molecule has 0 radical (unpaired) electrons. The van der Waals surface area contributed by atoms with Crippen LogP contribution in [0.5, 0.6) is 5.75 Å². The largest absolute Gasteiger partial charge is 0.490 e. The number of nitrogens with zero attached hydrogens (tertiary/aromatic N) is 2. The summed E-state index contributed by atoms with van der Waals surface area (Å²) in [5.41, 5.74) is 0.471. The van der Waals surface area contributed by atoms with Gasteiger partial charge in [0.05, 0.1) is 6.54 Å². The number of benzene rings is 3. The van der Waals surface area contributed by atoms with E-state index in [9.17, 15) is 14.3 Å². The predicted octanol–water partition coefficient (Wildman–Crippen LogP) is 3.24. The van der Waals surface area contributed by atoms with E-state index in [1.54, 1.807) is 0 Å². The van der Waals surface area contributed by atoms with Crippen molar-refractivity contribution in [2.45, 2.75) is 12.6 Å². The number of rotatable bonds is 6. The number of halogens is 1. The molecule has 0 aliphatic carbocycles. The highest BCUT2D eigenvalue weighted by Gasteiger charge is 2.15. The Kier molecular flexibility index (Phi) is 4.90. The van der Waals surface area contributed by atoms with Crippen molar-refractivity contribution in [2.75, 3.05) is 6.61 Å². The van der Waals surface area contributed by atoms with Crippen molar-refractivity contribution in [1.29, 1.82) is 0 Å². The van der Waals surface area contributed by atoms with Crippen LogP contribution in [0.2, 0.25) is 0 Å². The topological polar surface area (TPSA) is 77.5 Å². The minimum absolute atomic E-state index is 0.0147. The quantitative estimate of drug-likeness (QED) is 0.556.